The third kappa shape index (κ3) is 3.55. The fraction of sp³-hybridized carbons (Fsp3) is 0.611. The Balaban J connectivity index is 0.00000169. The Bertz CT molecular complexity index is 610. The quantitative estimate of drug-likeness (QED) is 0.830. The molecule has 24 heavy (non-hydrogen) atoms. The number of fused-ring (bicyclic) bond motifs is 1. The summed E-state index contributed by atoms with van der Waals surface area (Å²) in [7, 11) is 0. The molecule has 3 fully saturated rings. The second-order valence-electron chi connectivity index (χ2n) is 7.20. The van der Waals surface area contributed by atoms with Crippen molar-refractivity contribution >= 4 is 41.5 Å². The van der Waals surface area contributed by atoms with E-state index < -0.39 is 0 Å². The second-order valence-corrected chi connectivity index (χ2v) is 8.02. The molecule has 4 atom stereocenters. The summed E-state index contributed by atoms with van der Waals surface area (Å²) >= 11 is 12.1. The molecule has 1 amide bonds. The summed E-state index contributed by atoms with van der Waals surface area (Å²) in [5.41, 5.74) is 1.15. The molecule has 1 aromatic carbocycles. The third-order valence-corrected chi connectivity index (χ3v) is 6.55. The molecule has 1 aliphatic carbocycles. The number of likely N-dealkylation sites (tertiary alicyclic amines) is 1. The van der Waals surface area contributed by atoms with Gasteiger partial charge in [0.1, 0.15) is 0 Å². The Morgan fingerprint density at radius 1 is 1.08 bits per heavy atom. The molecule has 2 saturated heterocycles. The Morgan fingerprint density at radius 2 is 1.75 bits per heavy atom. The molecule has 2 heterocycles. The van der Waals surface area contributed by atoms with Crippen LogP contribution in [0.2, 0.25) is 10.0 Å². The normalized spacial score (nSPS) is 31.8. The highest BCUT2D eigenvalue weighted by molar-refractivity contribution is 6.42. The van der Waals surface area contributed by atoms with Crippen LogP contribution in [0.5, 0.6) is 0 Å². The van der Waals surface area contributed by atoms with Gasteiger partial charge in [-0.25, -0.2) is 0 Å². The molecule has 6 heteroatoms. The van der Waals surface area contributed by atoms with Crippen LogP contribution in [0, 0.1) is 17.8 Å². The molecule has 132 valence electrons. The maximum absolute atomic E-state index is 12.8. The van der Waals surface area contributed by atoms with E-state index >= 15 is 0 Å². The number of amides is 1. The van der Waals surface area contributed by atoms with Gasteiger partial charge in [0.25, 0.3) is 0 Å². The number of carbonyl (C=O) groups is 1. The molecule has 2 unspecified atom stereocenters. The topological polar surface area (TPSA) is 32.3 Å². The lowest BCUT2D eigenvalue weighted by Crippen LogP contribution is -2.34. The molecular weight excluding hydrogens is 367 g/mol. The Morgan fingerprint density at radius 3 is 2.38 bits per heavy atom. The molecule has 3 nitrogen and oxygen atoms in total. The zero-order chi connectivity index (χ0) is 16.0. The summed E-state index contributed by atoms with van der Waals surface area (Å²) in [4.78, 5) is 14.9. The van der Waals surface area contributed by atoms with Gasteiger partial charge in [-0.15, -0.1) is 12.4 Å². The van der Waals surface area contributed by atoms with Gasteiger partial charge in [-0.2, -0.15) is 0 Å². The predicted octanol–water partition coefficient (Wildman–Crippen LogP) is 3.98. The summed E-state index contributed by atoms with van der Waals surface area (Å²) in [6.45, 7) is 4.10. The number of hydrogen-bond acceptors (Lipinski definition) is 2. The van der Waals surface area contributed by atoms with E-state index in [4.69, 9.17) is 23.2 Å². The molecule has 3 aliphatic rings. The van der Waals surface area contributed by atoms with Gasteiger partial charge in [0, 0.05) is 19.0 Å². The maximum Gasteiger partial charge on any atom is 0.226 e. The minimum absolute atomic E-state index is 0. The van der Waals surface area contributed by atoms with Gasteiger partial charge in [0.05, 0.1) is 10.0 Å². The number of rotatable bonds is 2. The fourth-order valence-electron chi connectivity index (χ4n) is 4.25. The van der Waals surface area contributed by atoms with Crippen LogP contribution in [0.3, 0.4) is 0 Å². The van der Waals surface area contributed by atoms with Crippen LogP contribution >= 0.6 is 35.6 Å². The van der Waals surface area contributed by atoms with Crippen molar-refractivity contribution in [2.75, 3.05) is 26.2 Å². The van der Waals surface area contributed by atoms with Gasteiger partial charge in [-0.05, 0) is 67.8 Å². The van der Waals surface area contributed by atoms with E-state index in [1.54, 1.807) is 0 Å². The van der Waals surface area contributed by atoms with Gasteiger partial charge in [-0.1, -0.05) is 29.3 Å². The van der Waals surface area contributed by atoms with Crippen LogP contribution in [0.25, 0.3) is 0 Å². The van der Waals surface area contributed by atoms with Crippen LogP contribution in [-0.2, 0) is 4.79 Å². The Labute approximate surface area is 159 Å². The van der Waals surface area contributed by atoms with E-state index in [1.807, 2.05) is 18.2 Å². The molecule has 1 saturated carbocycles. The van der Waals surface area contributed by atoms with Gasteiger partial charge in [0.15, 0.2) is 0 Å². The van der Waals surface area contributed by atoms with E-state index in [9.17, 15) is 4.79 Å². The molecule has 2 aliphatic heterocycles. The Kier molecular flexibility index (Phi) is 5.65. The Hall–Kier alpha value is -0.480. The van der Waals surface area contributed by atoms with Crippen LogP contribution in [0.15, 0.2) is 18.2 Å². The van der Waals surface area contributed by atoms with Crippen molar-refractivity contribution in [2.24, 2.45) is 17.8 Å². The van der Waals surface area contributed by atoms with Gasteiger partial charge in [-0.3, -0.25) is 4.79 Å². The summed E-state index contributed by atoms with van der Waals surface area (Å²) in [5, 5.41) is 4.64. The van der Waals surface area contributed by atoms with E-state index in [0.29, 0.717) is 21.9 Å². The average Bonchev–Trinajstić information content (AvgIpc) is 3.27. The van der Waals surface area contributed by atoms with Crippen LogP contribution < -0.4 is 5.32 Å². The lowest BCUT2D eigenvalue weighted by molar-refractivity contribution is -0.132. The molecule has 0 spiro atoms. The largest absolute Gasteiger partial charge is 0.342 e. The standard InChI is InChI=1S/C18H22Cl2N2O.ClH/c19-16-2-1-11(7-17(16)20)14-8-15(14)18(23)22-5-3-12-9-21-10-13(12)4-6-22;/h1-2,7,12-15,21H,3-6,8-10H2;1H/t12-,13+,14?,15?;. The molecule has 4 rings (SSSR count). The van der Waals surface area contributed by atoms with Crippen molar-refractivity contribution in [2.45, 2.75) is 25.2 Å². The summed E-state index contributed by atoms with van der Waals surface area (Å²) in [6, 6.07) is 5.75. The lowest BCUT2D eigenvalue weighted by Gasteiger charge is -2.21. The first-order valence-electron chi connectivity index (χ1n) is 8.58. The van der Waals surface area contributed by atoms with Gasteiger partial charge < -0.3 is 10.2 Å². The number of halogens is 3. The highest BCUT2D eigenvalue weighted by Crippen LogP contribution is 2.49. The van der Waals surface area contributed by atoms with Crippen LogP contribution in [-0.4, -0.2) is 37.0 Å². The van der Waals surface area contributed by atoms with Crippen LogP contribution in [0.1, 0.15) is 30.7 Å². The SMILES string of the molecule is Cl.O=C(C1CC1c1ccc(Cl)c(Cl)c1)N1CC[C@@H]2CNC[C@@H]2CC1. The summed E-state index contributed by atoms with van der Waals surface area (Å²) in [5.74, 6) is 2.33. The maximum atomic E-state index is 12.8. The fourth-order valence-corrected chi connectivity index (χ4v) is 4.56. The number of nitrogens with zero attached hydrogens (tertiary/aromatic N) is 1. The van der Waals surface area contributed by atoms with Crippen molar-refractivity contribution in [3.8, 4) is 0 Å². The lowest BCUT2D eigenvalue weighted by atomic mass is 9.92. The molecule has 0 radical (unpaired) electrons. The zero-order valence-corrected chi connectivity index (χ0v) is 15.8. The first-order valence-corrected chi connectivity index (χ1v) is 9.33. The van der Waals surface area contributed by atoms with Crippen molar-refractivity contribution in [3.63, 3.8) is 0 Å². The highest BCUT2D eigenvalue weighted by Gasteiger charge is 2.46. The number of hydrogen-bond donors (Lipinski definition) is 1. The van der Waals surface area contributed by atoms with Crippen molar-refractivity contribution in [1.29, 1.82) is 0 Å². The zero-order valence-electron chi connectivity index (χ0n) is 13.5. The summed E-state index contributed by atoms with van der Waals surface area (Å²) in [6.07, 6.45) is 3.24. The highest BCUT2D eigenvalue weighted by atomic mass is 35.5. The van der Waals surface area contributed by atoms with Crippen molar-refractivity contribution in [3.05, 3.63) is 33.8 Å². The minimum atomic E-state index is 0. The van der Waals surface area contributed by atoms with E-state index in [0.717, 1.165) is 62.8 Å². The smallest absolute Gasteiger partial charge is 0.226 e. The van der Waals surface area contributed by atoms with Crippen molar-refractivity contribution < 1.29 is 4.79 Å². The third-order valence-electron chi connectivity index (χ3n) is 5.81. The number of carbonyl (C=O) groups excluding carboxylic acids is 1. The van der Waals surface area contributed by atoms with Crippen LogP contribution in [0.4, 0.5) is 0 Å². The molecule has 1 N–H and O–H groups in total. The first-order chi connectivity index (χ1) is 11.1. The molecule has 1 aromatic rings. The predicted molar refractivity (Wildman–Crippen MR) is 100 cm³/mol. The van der Waals surface area contributed by atoms with E-state index in [1.165, 1.54) is 0 Å². The number of benzene rings is 1. The van der Waals surface area contributed by atoms with Gasteiger partial charge >= 0.3 is 0 Å². The van der Waals surface area contributed by atoms with Crippen molar-refractivity contribution in [1.82, 2.24) is 10.2 Å². The van der Waals surface area contributed by atoms with E-state index in [2.05, 4.69) is 10.2 Å². The summed E-state index contributed by atoms with van der Waals surface area (Å²) < 4.78 is 0. The van der Waals surface area contributed by atoms with E-state index in [-0.39, 0.29) is 18.3 Å². The first kappa shape index (κ1) is 18.3. The second kappa shape index (κ2) is 7.41. The number of nitrogens with one attached hydrogen (secondary N) is 1. The molecule has 0 bridgehead atoms. The molecule has 0 aromatic heterocycles. The minimum Gasteiger partial charge on any atom is -0.342 e. The monoisotopic (exact) mass is 388 g/mol. The average molecular weight is 390 g/mol. The molecular formula is C18H23Cl3N2O. The van der Waals surface area contributed by atoms with Gasteiger partial charge in [0.2, 0.25) is 5.91 Å².